The van der Waals surface area contributed by atoms with Crippen molar-refractivity contribution in [2.45, 2.75) is 17.9 Å². The zero-order valence-corrected chi connectivity index (χ0v) is 13.8. The normalized spacial score (nSPS) is 25.3. The molecule has 1 aliphatic rings. The minimum Gasteiger partial charge on any atom is -0.393 e. The van der Waals surface area contributed by atoms with E-state index in [9.17, 15) is 20.1 Å². The molecular weight excluding hydrogens is 360 g/mol. The summed E-state index contributed by atoms with van der Waals surface area (Å²) in [6.07, 6.45) is 1.45. The van der Waals surface area contributed by atoms with Crippen LogP contribution in [0.5, 0.6) is 0 Å². The van der Waals surface area contributed by atoms with Crippen LogP contribution in [0.1, 0.15) is 16.6 Å². The molecule has 3 aromatic rings. The van der Waals surface area contributed by atoms with E-state index in [1.807, 2.05) is 0 Å². The summed E-state index contributed by atoms with van der Waals surface area (Å²) in [7, 11) is 0. The summed E-state index contributed by atoms with van der Waals surface area (Å²) in [5, 5.41) is 34.0. The number of carbonyl (C=O) groups is 1. The second-order valence-electron chi connectivity index (χ2n) is 6.12. The second-order valence-corrected chi connectivity index (χ2v) is 6.12. The van der Waals surface area contributed by atoms with Gasteiger partial charge in [0.2, 0.25) is 0 Å². The first-order valence-corrected chi connectivity index (χ1v) is 7.83. The highest BCUT2D eigenvalue weighted by Gasteiger charge is 2.51. The Kier molecular flexibility index (Phi) is 3.81. The van der Waals surface area contributed by atoms with Crippen LogP contribution in [0.3, 0.4) is 0 Å². The number of hydrogen-bond donors (Lipinski definition) is 5. The van der Waals surface area contributed by atoms with Gasteiger partial charge in [-0.05, 0) is 0 Å². The van der Waals surface area contributed by atoms with Crippen LogP contribution in [0.15, 0.2) is 18.7 Å². The standard InChI is InChI=1S/C14H16N8O5/c15-9-8-11(20-13(19-9)22-2-6(1-18-22)10(16)25)21(5-17-8)12-14(26,4-23)7(24)3-27-12/h1-2,5,7,12,23-24,26H,3-4H2,(H2,16,25)(H2,15,19,20)/t7-,12+,14-/m0/s1. The Balaban J connectivity index is 1.84. The van der Waals surface area contributed by atoms with Gasteiger partial charge in [-0.1, -0.05) is 0 Å². The molecule has 1 saturated heterocycles. The number of hydrogen-bond acceptors (Lipinski definition) is 10. The Morgan fingerprint density at radius 2 is 2.22 bits per heavy atom. The van der Waals surface area contributed by atoms with Crippen molar-refractivity contribution in [3.63, 3.8) is 0 Å². The molecule has 27 heavy (non-hydrogen) atoms. The lowest BCUT2D eigenvalue weighted by atomic mass is 9.98. The third-order valence-corrected chi connectivity index (χ3v) is 4.43. The minimum absolute atomic E-state index is 0.0240. The Bertz CT molecular complexity index is 1030. The van der Waals surface area contributed by atoms with E-state index < -0.39 is 30.4 Å². The summed E-state index contributed by atoms with van der Waals surface area (Å²) in [5.74, 6) is -0.613. The van der Waals surface area contributed by atoms with E-state index in [0.29, 0.717) is 0 Å². The SMILES string of the molecule is NC(=O)c1cnn(-c2nc(N)c3ncn([C@@H]4OC[C@H](O)[C@@]4(O)CO)c3n2)c1. The molecule has 4 heterocycles. The fourth-order valence-corrected chi connectivity index (χ4v) is 2.90. The number of imidazole rings is 1. The smallest absolute Gasteiger partial charge is 0.254 e. The number of ether oxygens (including phenoxy) is 1. The van der Waals surface area contributed by atoms with Crippen LogP contribution in [0.25, 0.3) is 17.1 Å². The molecule has 0 radical (unpaired) electrons. The molecule has 0 saturated carbocycles. The van der Waals surface area contributed by atoms with Gasteiger partial charge < -0.3 is 31.5 Å². The number of aliphatic hydroxyl groups excluding tert-OH is 2. The molecular formula is C14H16N8O5. The van der Waals surface area contributed by atoms with Crippen molar-refractivity contribution in [3.8, 4) is 5.95 Å². The third-order valence-electron chi connectivity index (χ3n) is 4.43. The van der Waals surface area contributed by atoms with Crippen molar-refractivity contribution >= 4 is 22.9 Å². The van der Waals surface area contributed by atoms with Gasteiger partial charge in [-0.25, -0.2) is 9.67 Å². The van der Waals surface area contributed by atoms with Crippen molar-refractivity contribution in [2.24, 2.45) is 5.73 Å². The van der Waals surface area contributed by atoms with Crippen molar-refractivity contribution in [1.82, 2.24) is 29.3 Å². The van der Waals surface area contributed by atoms with Crippen LogP contribution < -0.4 is 11.5 Å². The first-order chi connectivity index (χ1) is 12.8. The zero-order valence-electron chi connectivity index (χ0n) is 13.8. The predicted octanol–water partition coefficient (Wildman–Crippen LogP) is -2.69. The van der Waals surface area contributed by atoms with Crippen molar-refractivity contribution < 1.29 is 24.9 Å². The maximum atomic E-state index is 11.2. The summed E-state index contributed by atoms with van der Waals surface area (Å²) in [6, 6.07) is 0. The second kappa shape index (κ2) is 5.95. The quantitative estimate of drug-likeness (QED) is 0.319. The highest BCUT2D eigenvalue weighted by Crippen LogP contribution is 2.36. The van der Waals surface area contributed by atoms with Crippen LogP contribution in [-0.2, 0) is 4.74 Å². The largest absolute Gasteiger partial charge is 0.393 e. The van der Waals surface area contributed by atoms with Gasteiger partial charge in [0.05, 0.1) is 31.3 Å². The van der Waals surface area contributed by atoms with Crippen molar-refractivity contribution in [1.29, 1.82) is 0 Å². The average Bonchev–Trinajstić information content (AvgIpc) is 3.34. The number of fused-ring (bicyclic) bond motifs is 1. The van der Waals surface area contributed by atoms with Crippen molar-refractivity contribution in [2.75, 3.05) is 18.9 Å². The fraction of sp³-hybridized carbons (Fsp3) is 0.357. The molecule has 0 aromatic carbocycles. The number of nitrogens with zero attached hydrogens (tertiary/aromatic N) is 6. The van der Waals surface area contributed by atoms with Gasteiger partial charge in [0, 0.05) is 6.20 Å². The van der Waals surface area contributed by atoms with Gasteiger partial charge in [0.1, 0.15) is 11.6 Å². The predicted molar refractivity (Wildman–Crippen MR) is 88.4 cm³/mol. The molecule has 13 nitrogen and oxygen atoms in total. The van der Waals surface area contributed by atoms with Crippen LogP contribution in [0.4, 0.5) is 5.82 Å². The Labute approximate surface area is 150 Å². The summed E-state index contributed by atoms with van der Waals surface area (Å²) >= 11 is 0. The monoisotopic (exact) mass is 376 g/mol. The molecule has 3 atom stereocenters. The summed E-state index contributed by atoms with van der Waals surface area (Å²) < 4.78 is 7.96. The molecule has 142 valence electrons. The van der Waals surface area contributed by atoms with Gasteiger partial charge in [-0.3, -0.25) is 9.36 Å². The minimum atomic E-state index is -1.95. The van der Waals surface area contributed by atoms with Gasteiger partial charge in [0.15, 0.2) is 23.3 Å². The lowest BCUT2D eigenvalue weighted by molar-refractivity contribution is -0.132. The Morgan fingerprint density at radius 3 is 2.89 bits per heavy atom. The number of nitrogen functional groups attached to an aromatic ring is 1. The lowest BCUT2D eigenvalue weighted by Gasteiger charge is -2.29. The maximum absolute atomic E-state index is 11.2. The van der Waals surface area contributed by atoms with Gasteiger partial charge in [0.25, 0.3) is 11.9 Å². The highest BCUT2D eigenvalue weighted by atomic mass is 16.6. The van der Waals surface area contributed by atoms with E-state index in [2.05, 4.69) is 20.1 Å². The Morgan fingerprint density at radius 1 is 1.44 bits per heavy atom. The van der Waals surface area contributed by atoms with E-state index in [-0.39, 0.29) is 35.1 Å². The first kappa shape index (κ1) is 17.3. The molecule has 13 heteroatoms. The molecule has 7 N–H and O–H groups in total. The topological polar surface area (TPSA) is 200 Å². The average molecular weight is 376 g/mol. The summed E-state index contributed by atoms with van der Waals surface area (Å²) in [5.41, 5.74) is 9.77. The van der Waals surface area contributed by atoms with Gasteiger partial charge >= 0.3 is 0 Å². The van der Waals surface area contributed by atoms with Crippen LogP contribution in [0, 0.1) is 0 Å². The first-order valence-electron chi connectivity index (χ1n) is 7.83. The van der Waals surface area contributed by atoms with Crippen molar-refractivity contribution in [3.05, 3.63) is 24.3 Å². The number of aliphatic hydroxyl groups is 3. The summed E-state index contributed by atoms with van der Waals surface area (Å²) in [4.78, 5) is 23.8. The molecule has 0 bridgehead atoms. The number of anilines is 1. The van der Waals surface area contributed by atoms with Crippen LogP contribution in [0.2, 0.25) is 0 Å². The maximum Gasteiger partial charge on any atom is 0.254 e. The van der Waals surface area contributed by atoms with E-state index in [1.165, 1.54) is 28.0 Å². The highest BCUT2D eigenvalue weighted by molar-refractivity contribution is 5.92. The van der Waals surface area contributed by atoms with Crippen LogP contribution in [-0.4, -0.2) is 75.4 Å². The molecule has 1 fully saturated rings. The number of primary amides is 1. The molecule has 0 aliphatic carbocycles. The number of nitrogens with two attached hydrogens (primary N) is 2. The fourth-order valence-electron chi connectivity index (χ4n) is 2.90. The lowest BCUT2D eigenvalue weighted by Crippen LogP contribution is -2.48. The molecule has 1 aliphatic heterocycles. The van der Waals surface area contributed by atoms with Gasteiger partial charge in [-0.2, -0.15) is 15.1 Å². The number of amides is 1. The molecule has 4 rings (SSSR count). The van der Waals surface area contributed by atoms with E-state index in [0.717, 1.165) is 0 Å². The molecule has 3 aromatic heterocycles. The Hall–Kier alpha value is -3.13. The zero-order chi connectivity index (χ0) is 19.3. The number of aromatic nitrogens is 6. The summed E-state index contributed by atoms with van der Waals surface area (Å²) in [6.45, 7) is -0.928. The van der Waals surface area contributed by atoms with E-state index in [1.54, 1.807) is 0 Å². The number of carbonyl (C=O) groups excluding carboxylic acids is 1. The molecule has 0 spiro atoms. The van der Waals surface area contributed by atoms with E-state index in [4.69, 9.17) is 16.2 Å². The van der Waals surface area contributed by atoms with Gasteiger partial charge in [-0.15, -0.1) is 0 Å². The molecule has 0 unspecified atom stereocenters. The molecule has 1 amide bonds. The number of rotatable bonds is 4. The third kappa shape index (κ3) is 2.52. The van der Waals surface area contributed by atoms with E-state index >= 15 is 0 Å². The van der Waals surface area contributed by atoms with Crippen LogP contribution >= 0.6 is 0 Å².